The van der Waals surface area contributed by atoms with Crippen LogP contribution < -0.4 is 4.90 Å². The van der Waals surface area contributed by atoms with E-state index in [1.165, 1.54) is 12.1 Å². The lowest BCUT2D eigenvalue weighted by molar-refractivity contribution is -0.141. The quantitative estimate of drug-likeness (QED) is 0.636. The van der Waals surface area contributed by atoms with Gasteiger partial charge in [-0.1, -0.05) is 13.0 Å². The number of benzene rings is 1. The first-order valence-corrected chi connectivity index (χ1v) is 6.84. The third-order valence-electron chi connectivity index (χ3n) is 3.19. The van der Waals surface area contributed by atoms with E-state index in [0.717, 1.165) is 0 Å². The molecule has 22 heavy (non-hydrogen) atoms. The first-order chi connectivity index (χ1) is 10.3. The number of carboxylic acid groups (broad SMARTS) is 3. The largest absolute Gasteiger partial charge is 0.481 e. The van der Waals surface area contributed by atoms with E-state index in [1.54, 1.807) is 24.0 Å². The van der Waals surface area contributed by atoms with Crippen molar-refractivity contribution < 1.29 is 29.7 Å². The average molecular weight is 309 g/mol. The number of aliphatic carboxylic acids is 2. The second-order valence-corrected chi connectivity index (χ2v) is 5.04. The van der Waals surface area contributed by atoms with Gasteiger partial charge in [0.25, 0.3) is 0 Å². The molecule has 7 heteroatoms. The van der Waals surface area contributed by atoms with Crippen molar-refractivity contribution in [3.8, 4) is 0 Å². The van der Waals surface area contributed by atoms with Gasteiger partial charge >= 0.3 is 17.9 Å². The van der Waals surface area contributed by atoms with Crippen molar-refractivity contribution in [2.45, 2.75) is 19.8 Å². The standard InChI is InChI=1S/C15H19NO6/c1-10(14(19)20)9-16(7-3-6-13(17)18)12-5-2-4-11(8-12)15(21)22/h2,4-5,8,10H,3,6-7,9H2,1H3,(H,17,18)(H,19,20)(H,21,22). The van der Waals surface area contributed by atoms with E-state index in [0.29, 0.717) is 18.7 Å². The van der Waals surface area contributed by atoms with Crippen LogP contribution in [0.1, 0.15) is 30.1 Å². The summed E-state index contributed by atoms with van der Waals surface area (Å²) in [6.45, 7) is 2.07. The SMILES string of the molecule is CC(CN(CCCC(=O)O)c1cccc(C(=O)O)c1)C(=O)O. The van der Waals surface area contributed by atoms with Crippen LogP contribution in [0, 0.1) is 5.92 Å². The summed E-state index contributed by atoms with van der Waals surface area (Å²) < 4.78 is 0. The Hall–Kier alpha value is -2.57. The van der Waals surface area contributed by atoms with Crippen molar-refractivity contribution in [3.63, 3.8) is 0 Å². The van der Waals surface area contributed by atoms with Gasteiger partial charge in [-0.3, -0.25) is 9.59 Å². The maximum absolute atomic E-state index is 11.0. The summed E-state index contributed by atoms with van der Waals surface area (Å²) in [6.07, 6.45) is 0.315. The summed E-state index contributed by atoms with van der Waals surface area (Å²) in [5.41, 5.74) is 0.669. The van der Waals surface area contributed by atoms with Crippen molar-refractivity contribution in [2.24, 2.45) is 5.92 Å². The fourth-order valence-electron chi connectivity index (χ4n) is 1.99. The van der Waals surface area contributed by atoms with Gasteiger partial charge in [-0.2, -0.15) is 0 Å². The molecule has 0 aliphatic rings. The number of carboxylic acids is 3. The van der Waals surface area contributed by atoms with Gasteiger partial charge in [0.1, 0.15) is 0 Å². The van der Waals surface area contributed by atoms with Crippen molar-refractivity contribution in [2.75, 3.05) is 18.0 Å². The van der Waals surface area contributed by atoms with Crippen LogP contribution >= 0.6 is 0 Å². The molecule has 7 nitrogen and oxygen atoms in total. The second-order valence-electron chi connectivity index (χ2n) is 5.04. The molecule has 0 heterocycles. The molecule has 0 aliphatic heterocycles. The summed E-state index contributed by atoms with van der Waals surface area (Å²) in [5, 5.41) is 26.7. The van der Waals surface area contributed by atoms with Gasteiger partial charge in [-0.05, 0) is 24.6 Å². The Kier molecular flexibility index (Phi) is 6.37. The van der Waals surface area contributed by atoms with Crippen LogP contribution in [0.25, 0.3) is 0 Å². The van der Waals surface area contributed by atoms with Gasteiger partial charge < -0.3 is 20.2 Å². The molecule has 1 aromatic carbocycles. The third kappa shape index (κ3) is 5.43. The van der Waals surface area contributed by atoms with E-state index in [-0.39, 0.29) is 18.5 Å². The first kappa shape index (κ1) is 17.5. The number of nitrogens with zero attached hydrogens (tertiary/aromatic N) is 1. The number of hydrogen-bond donors (Lipinski definition) is 3. The molecule has 0 radical (unpaired) electrons. The molecular weight excluding hydrogens is 290 g/mol. The van der Waals surface area contributed by atoms with Crippen molar-refractivity contribution in [1.82, 2.24) is 0 Å². The summed E-state index contributed by atoms with van der Waals surface area (Å²) in [6, 6.07) is 6.16. The molecule has 0 amide bonds. The zero-order chi connectivity index (χ0) is 16.7. The number of aromatic carboxylic acids is 1. The minimum absolute atomic E-state index is 0.0312. The number of hydrogen-bond acceptors (Lipinski definition) is 4. The molecule has 0 saturated carbocycles. The summed E-state index contributed by atoms with van der Waals surface area (Å²) >= 11 is 0. The smallest absolute Gasteiger partial charge is 0.335 e. The van der Waals surface area contributed by atoms with Crippen LogP contribution in [-0.2, 0) is 9.59 Å². The molecule has 0 fully saturated rings. The van der Waals surface area contributed by atoms with Gasteiger partial charge in [0.2, 0.25) is 0 Å². The molecule has 3 N–H and O–H groups in total. The number of anilines is 1. The molecule has 1 atom stereocenters. The van der Waals surface area contributed by atoms with Crippen molar-refractivity contribution in [1.29, 1.82) is 0 Å². The van der Waals surface area contributed by atoms with Crippen LogP contribution in [0.5, 0.6) is 0 Å². The zero-order valence-electron chi connectivity index (χ0n) is 12.2. The highest BCUT2D eigenvalue weighted by Crippen LogP contribution is 2.19. The van der Waals surface area contributed by atoms with Crippen LogP contribution in [0.15, 0.2) is 24.3 Å². The maximum atomic E-state index is 11.0. The molecule has 1 aromatic rings. The Labute approximate surface area is 127 Å². The molecule has 1 rings (SSSR count). The lowest BCUT2D eigenvalue weighted by atomic mass is 10.1. The van der Waals surface area contributed by atoms with E-state index < -0.39 is 23.8 Å². The Bertz CT molecular complexity index is 557. The van der Waals surface area contributed by atoms with Crippen molar-refractivity contribution in [3.05, 3.63) is 29.8 Å². The minimum Gasteiger partial charge on any atom is -0.481 e. The third-order valence-corrected chi connectivity index (χ3v) is 3.19. The van der Waals surface area contributed by atoms with Gasteiger partial charge in [0.15, 0.2) is 0 Å². The van der Waals surface area contributed by atoms with Gasteiger partial charge in [-0.15, -0.1) is 0 Å². The fourth-order valence-corrected chi connectivity index (χ4v) is 1.99. The summed E-state index contributed by atoms with van der Waals surface area (Å²) in [5.74, 6) is -3.61. The Balaban J connectivity index is 2.92. The minimum atomic E-state index is -1.07. The lowest BCUT2D eigenvalue weighted by Gasteiger charge is -2.26. The molecule has 1 unspecified atom stereocenters. The highest BCUT2D eigenvalue weighted by Gasteiger charge is 2.17. The molecular formula is C15H19NO6. The monoisotopic (exact) mass is 309 g/mol. The Morgan fingerprint density at radius 2 is 1.86 bits per heavy atom. The van der Waals surface area contributed by atoms with Crippen LogP contribution in [0.4, 0.5) is 5.69 Å². The topological polar surface area (TPSA) is 115 Å². The average Bonchev–Trinajstić information content (AvgIpc) is 2.45. The Morgan fingerprint density at radius 3 is 2.41 bits per heavy atom. The molecule has 120 valence electrons. The normalized spacial score (nSPS) is 11.7. The van der Waals surface area contributed by atoms with Crippen LogP contribution in [0.2, 0.25) is 0 Å². The number of rotatable bonds is 9. The Morgan fingerprint density at radius 1 is 1.18 bits per heavy atom. The van der Waals surface area contributed by atoms with E-state index in [2.05, 4.69) is 0 Å². The van der Waals surface area contributed by atoms with E-state index in [4.69, 9.17) is 15.3 Å². The molecule has 0 aliphatic carbocycles. The summed E-state index contributed by atoms with van der Waals surface area (Å²) in [7, 11) is 0. The van der Waals surface area contributed by atoms with Crippen LogP contribution in [0.3, 0.4) is 0 Å². The predicted octanol–water partition coefficient (Wildman–Crippen LogP) is 1.78. The van der Waals surface area contributed by atoms with Gasteiger partial charge in [-0.25, -0.2) is 4.79 Å². The van der Waals surface area contributed by atoms with Gasteiger partial charge in [0, 0.05) is 25.2 Å². The zero-order valence-corrected chi connectivity index (χ0v) is 12.2. The highest BCUT2D eigenvalue weighted by atomic mass is 16.4. The van der Waals surface area contributed by atoms with E-state index >= 15 is 0 Å². The fraction of sp³-hybridized carbons (Fsp3) is 0.400. The van der Waals surface area contributed by atoms with E-state index in [1.807, 2.05) is 0 Å². The maximum Gasteiger partial charge on any atom is 0.335 e. The lowest BCUT2D eigenvalue weighted by Crippen LogP contribution is -2.33. The molecule has 0 aromatic heterocycles. The molecule has 0 saturated heterocycles. The second kappa shape index (κ2) is 8.02. The molecule has 0 spiro atoms. The number of carbonyl (C=O) groups is 3. The van der Waals surface area contributed by atoms with Crippen LogP contribution in [-0.4, -0.2) is 46.3 Å². The first-order valence-electron chi connectivity index (χ1n) is 6.84. The van der Waals surface area contributed by atoms with Gasteiger partial charge in [0.05, 0.1) is 11.5 Å². The van der Waals surface area contributed by atoms with Crippen molar-refractivity contribution >= 4 is 23.6 Å². The summed E-state index contributed by atoms with van der Waals surface area (Å²) in [4.78, 5) is 34.3. The van der Waals surface area contributed by atoms with E-state index in [9.17, 15) is 14.4 Å². The predicted molar refractivity (Wildman–Crippen MR) is 79.3 cm³/mol. The highest BCUT2D eigenvalue weighted by molar-refractivity contribution is 5.88. The molecule has 0 bridgehead atoms.